The lowest BCUT2D eigenvalue weighted by Gasteiger charge is -2.57. The van der Waals surface area contributed by atoms with E-state index >= 15 is 0 Å². The summed E-state index contributed by atoms with van der Waals surface area (Å²) in [4.78, 5) is 10.7. The van der Waals surface area contributed by atoms with Gasteiger partial charge in [0.05, 0.1) is 16.8 Å². The first-order chi connectivity index (χ1) is 29.6. The number of ether oxygens (including phenoxy) is 1. The van der Waals surface area contributed by atoms with Crippen molar-refractivity contribution in [3.05, 3.63) is 197 Å². The maximum absolute atomic E-state index is 6.63. The quantitative estimate of drug-likeness (QED) is 0.175. The molecule has 3 nitrogen and oxygen atoms in total. The van der Waals surface area contributed by atoms with E-state index in [0.717, 1.165) is 76.0 Å². The Kier molecular flexibility index (Phi) is 7.53. The Labute approximate surface area is 352 Å². The number of aromatic nitrogens is 2. The number of allylic oxidation sites excluding steroid dienone is 3. The van der Waals surface area contributed by atoms with Crippen molar-refractivity contribution in [1.29, 1.82) is 0 Å². The summed E-state index contributed by atoms with van der Waals surface area (Å²) in [6.45, 7) is 0. The van der Waals surface area contributed by atoms with Crippen molar-refractivity contribution in [2.75, 3.05) is 0 Å². The van der Waals surface area contributed by atoms with Crippen LogP contribution in [0.25, 0.3) is 56.2 Å². The topological polar surface area (TPSA) is 35.0 Å². The third-order valence-electron chi connectivity index (χ3n) is 15.2. The molecule has 1 aliphatic heterocycles. The summed E-state index contributed by atoms with van der Waals surface area (Å²) in [5.41, 5.74) is 16.8. The van der Waals surface area contributed by atoms with E-state index in [9.17, 15) is 0 Å². The molecular weight excluding hydrogens is 729 g/mol. The Morgan fingerprint density at radius 1 is 0.500 bits per heavy atom. The van der Waals surface area contributed by atoms with Gasteiger partial charge in [0.25, 0.3) is 0 Å². The number of hydrogen-bond acceptors (Lipinski definition) is 3. The van der Waals surface area contributed by atoms with Gasteiger partial charge in [-0.1, -0.05) is 140 Å². The molecule has 4 bridgehead atoms. The summed E-state index contributed by atoms with van der Waals surface area (Å²) in [5.74, 6) is 5.43. The predicted octanol–water partition coefficient (Wildman–Crippen LogP) is 13.9. The van der Waals surface area contributed by atoms with Gasteiger partial charge < -0.3 is 4.74 Å². The van der Waals surface area contributed by atoms with Gasteiger partial charge in [-0.2, -0.15) is 0 Å². The summed E-state index contributed by atoms with van der Waals surface area (Å²) in [6, 6.07) is 55.9. The molecule has 1 aromatic heterocycles. The molecule has 290 valence electrons. The molecule has 1 unspecified atom stereocenters. The van der Waals surface area contributed by atoms with Crippen LogP contribution in [0.5, 0.6) is 5.75 Å². The van der Waals surface area contributed by atoms with Crippen LogP contribution in [0.3, 0.4) is 0 Å². The minimum absolute atomic E-state index is 0.365. The van der Waals surface area contributed by atoms with Crippen LogP contribution in [0.15, 0.2) is 175 Å². The van der Waals surface area contributed by atoms with E-state index in [2.05, 4.69) is 164 Å². The summed E-state index contributed by atoms with van der Waals surface area (Å²) in [7, 11) is 0. The monoisotopic (exact) mass is 774 g/mol. The van der Waals surface area contributed by atoms with Crippen molar-refractivity contribution in [3.8, 4) is 61.9 Å². The SMILES string of the molecule is C1=CC2=C(CC1)C1(c3ccccc3O2)c2ccccc2-c2cc(-c3cc(-c4ccc(C56CC7CC(CC(C7)C5)C6)cc4)nc(-c4ccc(-c5ccccc5)cc4)n3)ccc21. The lowest BCUT2D eigenvalue weighted by Crippen LogP contribution is -2.48. The fourth-order valence-corrected chi connectivity index (χ4v) is 13.1. The summed E-state index contributed by atoms with van der Waals surface area (Å²) in [5, 5.41) is 0. The molecule has 6 aliphatic carbocycles. The number of nitrogens with zero attached hydrogens (tertiary/aromatic N) is 2. The van der Waals surface area contributed by atoms with Crippen LogP contribution >= 0.6 is 0 Å². The second-order valence-electron chi connectivity index (χ2n) is 18.6. The van der Waals surface area contributed by atoms with E-state index < -0.39 is 5.41 Å². The first-order valence-corrected chi connectivity index (χ1v) is 22.2. The maximum atomic E-state index is 6.63. The average Bonchev–Trinajstić information content (AvgIpc) is 3.59. The summed E-state index contributed by atoms with van der Waals surface area (Å²) in [6.07, 6.45) is 14.9. The second kappa shape index (κ2) is 13.1. The molecule has 1 atom stereocenters. The molecule has 7 aliphatic rings. The standard InChI is InChI=1S/C57H46N2O/c1-2-10-39(11-3-1)40-18-20-42(21-19-40)55-58-51(41-22-25-44(26-23-41)56-33-36-28-37(34-56)30-38(29-36)35-56)32-52(59-55)43-24-27-48-46(31-43)45-12-4-5-13-47(45)57(48)49-14-6-8-16-53(49)60-54-17-9-7-15-50(54)57/h1-6,8-14,16-27,31-32,36-38H,7,15,28-30,33-35H2. The Balaban J connectivity index is 0.954. The minimum Gasteiger partial charge on any atom is -0.457 e. The van der Waals surface area contributed by atoms with E-state index in [1.165, 1.54) is 83.0 Å². The smallest absolute Gasteiger partial charge is 0.160 e. The van der Waals surface area contributed by atoms with Crippen LogP contribution in [0.2, 0.25) is 0 Å². The molecule has 0 amide bonds. The molecule has 7 aromatic rings. The zero-order valence-corrected chi connectivity index (χ0v) is 33.8. The fraction of sp³-hybridized carbons (Fsp3) is 0.228. The molecule has 0 saturated heterocycles. The molecule has 0 radical (unpaired) electrons. The van der Waals surface area contributed by atoms with Gasteiger partial charge in [-0.15, -0.1) is 0 Å². The molecule has 4 saturated carbocycles. The van der Waals surface area contributed by atoms with E-state index in [-0.39, 0.29) is 0 Å². The first-order valence-electron chi connectivity index (χ1n) is 22.2. The highest BCUT2D eigenvalue weighted by Gasteiger charge is 2.53. The Morgan fingerprint density at radius 2 is 1.10 bits per heavy atom. The van der Waals surface area contributed by atoms with Crippen LogP contribution in [-0.2, 0) is 10.8 Å². The van der Waals surface area contributed by atoms with Gasteiger partial charge in [0.15, 0.2) is 5.82 Å². The lowest BCUT2D eigenvalue weighted by atomic mass is 9.48. The summed E-state index contributed by atoms with van der Waals surface area (Å²) >= 11 is 0. The van der Waals surface area contributed by atoms with Crippen LogP contribution < -0.4 is 4.74 Å². The van der Waals surface area contributed by atoms with Gasteiger partial charge in [-0.05, 0) is 143 Å². The van der Waals surface area contributed by atoms with Crippen LogP contribution in [0.4, 0.5) is 0 Å². The number of benzene rings is 6. The molecule has 6 aromatic carbocycles. The Morgan fingerprint density at radius 3 is 1.87 bits per heavy atom. The highest BCUT2D eigenvalue weighted by atomic mass is 16.5. The van der Waals surface area contributed by atoms with Crippen molar-refractivity contribution in [2.45, 2.75) is 62.2 Å². The van der Waals surface area contributed by atoms with Gasteiger partial charge in [-0.25, -0.2) is 9.97 Å². The molecule has 14 rings (SSSR count). The third kappa shape index (κ3) is 5.14. The van der Waals surface area contributed by atoms with E-state index in [1.54, 1.807) is 5.56 Å². The van der Waals surface area contributed by atoms with Gasteiger partial charge >= 0.3 is 0 Å². The molecule has 4 fully saturated rings. The minimum atomic E-state index is -0.416. The van der Waals surface area contributed by atoms with Gasteiger partial charge in [-0.3, -0.25) is 0 Å². The Hall–Kier alpha value is -6.32. The van der Waals surface area contributed by atoms with Crippen molar-refractivity contribution >= 4 is 0 Å². The van der Waals surface area contributed by atoms with Crippen LogP contribution in [-0.4, -0.2) is 9.97 Å². The zero-order valence-electron chi connectivity index (χ0n) is 33.8. The van der Waals surface area contributed by atoms with Crippen LogP contribution in [0, 0.1) is 17.8 Å². The maximum Gasteiger partial charge on any atom is 0.160 e. The third-order valence-corrected chi connectivity index (χ3v) is 15.2. The van der Waals surface area contributed by atoms with Crippen molar-refractivity contribution in [2.24, 2.45) is 17.8 Å². The molecule has 60 heavy (non-hydrogen) atoms. The van der Waals surface area contributed by atoms with Gasteiger partial charge in [0, 0.05) is 22.3 Å². The predicted molar refractivity (Wildman–Crippen MR) is 241 cm³/mol. The second-order valence-corrected chi connectivity index (χ2v) is 18.6. The lowest BCUT2D eigenvalue weighted by molar-refractivity contribution is -0.00518. The van der Waals surface area contributed by atoms with E-state index in [4.69, 9.17) is 14.7 Å². The van der Waals surface area contributed by atoms with Gasteiger partial charge in [0.2, 0.25) is 0 Å². The number of rotatable bonds is 5. The highest BCUT2D eigenvalue weighted by molar-refractivity contribution is 5.90. The first kappa shape index (κ1) is 34.5. The molecule has 2 heterocycles. The van der Waals surface area contributed by atoms with E-state index in [1.807, 2.05) is 0 Å². The normalized spacial score (nSPS) is 25.1. The fourth-order valence-electron chi connectivity index (χ4n) is 13.1. The molecule has 0 N–H and O–H groups in total. The van der Waals surface area contributed by atoms with Crippen molar-refractivity contribution in [3.63, 3.8) is 0 Å². The molecular formula is C57H46N2O. The van der Waals surface area contributed by atoms with Crippen molar-refractivity contribution in [1.82, 2.24) is 9.97 Å². The number of fused-ring (bicyclic) bond motifs is 8. The largest absolute Gasteiger partial charge is 0.457 e. The number of para-hydroxylation sites is 1. The Bertz CT molecular complexity index is 2890. The van der Waals surface area contributed by atoms with E-state index in [0.29, 0.717) is 5.41 Å². The van der Waals surface area contributed by atoms with Crippen LogP contribution in [0.1, 0.15) is 73.6 Å². The average molecular weight is 775 g/mol. The summed E-state index contributed by atoms with van der Waals surface area (Å²) < 4.78 is 6.63. The van der Waals surface area contributed by atoms with Crippen molar-refractivity contribution < 1.29 is 4.74 Å². The zero-order chi connectivity index (χ0) is 39.4. The molecule has 1 spiro atoms. The molecule has 3 heteroatoms. The highest BCUT2D eigenvalue weighted by Crippen LogP contribution is 2.63. The van der Waals surface area contributed by atoms with Gasteiger partial charge in [0.1, 0.15) is 11.5 Å². The number of hydrogen-bond donors (Lipinski definition) is 0.